The zero-order chi connectivity index (χ0) is 15.4. The molecule has 0 fully saturated rings. The number of benzene rings is 2. The fraction of sp³-hybridized carbons (Fsp3) is 0.250. The van der Waals surface area contributed by atoms with E-state index in [4.69, 9.17) is 27.9 Å². The van der Waals surface area contributed by atoms with Crippen LogP contribution in [-0.4, -0.2) is 12.2 Å². The molecule has 0 aromatic heterocycles. The molecule has 0 bridgehead atoms. The van der Waals surface area contributed by atoms with Crippen LogP contribution in [0.4, 0.5) is 0 Å². The first-order valence-corrected chi connectivity index (χ1v) is 7.31. The van der Waals surface area contributed by atoms with E-state index in [1.807, 2.05) is 24.3 Å². The lowest BCUT2D eigenvalue weighted by Crippen LogP contribution is -2.18. The third-order valence-electron chi connectivity index (χ3n) is 3.30. The summed E-state index contributed by atoms with van der Waals surface area (Å²) in [5.74, 6) is 0.607. The minimum Gasteiger partial charge on any atom is -0.504 e. The van der Waals surface area contributed by atoms with Crippen LogP contribution in [0.1, 0.15) is 24.1 Å². The quantitative estimate of drug-likeness (QED) is 0.846. The fourth-order valence-corrected chi connectivity index (χ4v) is 2.31. The van der Waals surface area contributed by atoms with Crippen molar-refractivity contribution in [2.24, 2.45) is 0 Å². The molecule has 1 unspecified atom stereocenters. The maximum Gasteiger partial charge on any atom is 0.160 e. The largest absolute Gasteiger partial charge is 0.504 e. The lowest BCUT2D eigenvalue weighted by Gasteiger charge is -2.15. The highest BCUT2D eigenvalue weighted by Gasteiger charge is 2.08. The first-order valence-electron chi connectivity index (χ1n) is 6.55. The molecule has 0 saturated heterocycles. The molecule has 0 saturated carbocycles. The molecule has 0 spiro atoms. The van der Waals surface area contributed by atoms with E-state index in [1.54, 1.807) is 12.1 Å². The molecule has 3 nitrogen and oxygen atoms in total. The Morgan fingerprint density at radius 2 is 1.90 bits per heavy atom. The average molecular weight is 326 g/mol. The number of aromatic hydroxyl groups is 1. The summed E-state index contributed by atoms with van der Waals surface area (Å²) in [7, 11) is 1.53. The highest BCUT2D eigenvalue weighted by Crippen LogP contribution is 2.27. The molecule has 21 heavy (non-hydrogen) atoms. The van der Waals surface area contributed by atoms with E-state index in [0.717, 1.165) is 11.1 Å². The Morgan fingerprint density at radius 3 is 2.57 bits per heavy atom. The predicted octanol–water partition coefficient (Wildman–Crippen LogP) is 4.56. The smallest absolute Gasteiger partial charge is 0.160 e. The second-order valence-corrected chi connectivity index (χ2v) is 5.60. The Hall–Kier alpha value is -1.42. The van der Waals surface area contributed by atoms with Gasteiger partial charge in [0.1, 0.15) is 0 Å². The normalized spacial score (nSPS) is 12.2. The monoisotopic (exact) mass is 325 g/mol. The van der Waals surface area contributed by atoms with Gasteiger partial charge in [-0.15, -0.1) is 0 Å². The van der Waals surface area contributed by atoms with Crippen molar-refractivity contribution in [3.63, 3.8) is 0 Å². The van der Waals surface area contributed by atoms with Crippen molar-refractivity contribution in [3.8, 4) is 11.5 Å². The summed E-state index contributed by atoms with van der Waals surface area (Å²) >= 11 is 11.9. The molecule has 0 aliphatic heterocycles. The number of phenols is 1. The van der Waals surface area contributed by atoms with Crippen LogP contribution in [0.25, 0.3) is 0 Å². The van der Waals surface area contributed by atoms with Crippen LogP contribution in [0.2, 0.25) is 10.0 Å². The fourth-order valence-electron chi connectivity index (χ4n) is 2.00. The molecule has 112 valence electrons. The maximum absolute atomic E-state index is 9.57. The van der Waals surface area contributed by atoms with Gasteiger partial charge in [0, 0.05) is 12.6 Å². The van der Waals surface area contributed by atoms with Crippen LogP contribution in [-0.2, 0) is 6.54 Å². The first kappa shape index (κ1) is 16.0. The van der Waals surface area contributed by atoms with Crippen LogP contribution in [0.15, 0.2) is 36.4 Å². The summed E-state index contributed by atoms with van der Waals surface area (Å²) in [6.07, 6.45) is 0. The van der Waals surface area contributed by atoms with E-state index in [-0.39, 0.29) is 11.8 Å². The third kappa shape index (κ3) is 4.03. The Kier molecular flexibility index (Phi) is 5.34. The molecule has 2 aromatic carbocycles. The molecule has 2 aromatic rings. The van der Waals surface area contributed by atoms with E-state index in [2.05, 4.69) is 12.2 Å². The van der Waals surface area contributed by atoms with E-state index >= 15 is 0 Å². The van der Waals surface area contributed by atoms with Crippen molar-refractivity contribution in [1.82, 2.24) is 5.32 Å². The van der Waals surface area contributed by atoms with Crippen LogP contribution in [0.3, 0.4) is 0 Å². The van der Waals surface area contributed by atoms with Gasteiger partial charge in [-0.3, -0.25) is 0 Å². The summed E-state index contributed by atoms with van der Waals surface area (Å²) < 4.78 is 5.10. The number of nitrogens with one attached hydrogen (secondary N) is 1. The molecule has 0 aliphatic carbocycles. The highest BCUT2D eigenvalue weighted by atomic mass is 35.5. The molecule has 0 amide bonds. The highest BCUT2D eigenvalue weighted by molar-refractivity contribution is 6.42. The van der Waals surface area contributed by atoms with Crippen molar-refractivity contribution in [2.75, 3.05) is 7.11 Å². The van der Waals surface area contributed by atoms with Crippen LogP contribution < -0.4 is 10.1 Å². The van der Waals surface area contributed by atoms with Gasteiger partial charge in [-0.2, -0.15) is 0 Å². The minimum absolute atomic E-state index is 0.125. The number of ether oxygens (including phenoxy) is 1. The number of halogens is 2. The van der Waals surface area contributed by atoms with Gasteiger partial charge in [-0.05, 0) is 42.3 Å². The minimum atomic E-state index is 0.125. The zero-order valence-electron chi connectivity index (χ0n) is 11.9. The second-order valence-electron chi connectivity index (χ2n) is 4.78. The van der Waals surface area contributed by atoms with E-state index in [1.165, 1.54) is 7.11 Å². The van der Waals surface area contributed by atoms with Crippen LogP contribution >= 0.6 is 23.2 Å². The Balaban J connectivity index is 2.03. The topological polar surface area (TPSA) is 41.5 Å². The standard InChI is InChI=1S/C16H17Cl2NO2/c1-10(12-4-5-13(17)14(18)8-12)19-9-11-3-6-15(20)16(7-11)21-2/h3-8,10,19-20H,9H2,1-2H3. The molecule has 0 radical (unpaired) electrons. The van der Waals surface area contributed by atoms with Crippen molar-refractivity contribution < 1.29 is 9.84 Å². The Labute approximate surface area is 134 Å². The number of methoxy groups -OCH3 is 1. The Bertz CT molecular complexity index is 632. The molecule has 2 N–H and O–H groups in total. The maximum atomic E-state index is 9.57. The van der Waals surface area contributed by atoms with E-state index < -0.39 is 0 Å². The van der Waals surface area contributed by atoms with Gasteiger partial charge in [0.05, 0.1) is 17.2 Å². The van der Waals surface area contributed by atoms with E-state index in [9.17, 15) is 5.11 Å². The Morgan fingerprint density at radius 1 is 1.14 bits per heavy atom. The molecule has 2 rings (SSSR count). The van der Waals surface area contributed by atoms with Gasteiger partial charge in [0.25, 0.3) is 0 Å². The van der Waals surface area contributed by atoms with Crippen molar-refractivity contribution in [1.29, 1.82) is 0 Å². The molecule has 5 heteroatoms. The average Bonchev–Trinajstić information content (AvgIpc) is 2.48. The summed E-state index contributed by atoms with van der Waals surface area (Å²) in [5, 5.41) is 14.1. The lowest BCUT2D eigenvalue weighted by molar-refractivity contribution is 0.372. The summed E-state index contributed by atoms with van der Waals surface area (Å²) in [6.45, 7) is 2.70. The zero-order valence-corrected chi connectivity index (χ0v) is 13.4. The summed E-state index contributed by atoms with van der Waals surface area (Å²) in [4.78, 5) is 0. The van der Waals surface area contributed by atoms with Gasteiger partial charge >= 0.3 is 0 Å². The van der Waals surface area contributed by atoms with Crippen molar-refractivity contribution in [2.45, 2.75) is 19.5 Å². The van der Waals surface area contributed by atoms with Crippen LogP contribution in [0.5, 0.6) is 11.5 Å². The van der Waals surface area contributed by atoms with Gasteiger partial charge in [0.2, 0.25) is 0 Å². The first-order chi connectivity index (χ1) is 10.0. The number of phenolic OH excluding ortho intramolecular Hbond substituents is 1. The van der Waals surface area contributed by atoms with Crippen molar-refractivity contribution >= 4 is 23.2 Å². The molecule has 1 atom stereocenters. The second kappa shape index (κ2) is 7.03. The number of rotatable bonds is 5. The molecular formula is C16H17Cl2NO2. The summed E-state index contributed by atoms with van der Waals surface area (Å²) in [6, 6.07) is 11.0. The van der Waals surface area contributed by atoms with Crippen LogP contribution in [0, 0.1) is 0 Å². The molecule has 0 heterocycles. The van der Waals surface area contributed by atoms with E-state index in [0.29, 0.717) is 22.3 Å². The molecular weight excluding hydrogens is 309 g/mol. The third-order valence-corrected chi connectivity index (χ3v) is 4.04. The van der Waals surface area contributed by atoms with Gasteiger partial charge < -0.3 is 15.2 Å². The van der Waals surface area contributed by atoms with Crippen molar-refractivity contribution in [3.05, 3.63) is 57.6 Å². The number of hydrogen-bond donors (Lipinski definition) is 2. The summed E-state index contributed by atoms with van der Waals surface area (Å²) in [5.41, 5.74) is 2.09. The molecule has 0 aliphatic rings. The number of hydrogen-bond acceptors (Lipinski definition) is 3. The SMILES string of the molecule is COc1cc(CNC(C)c2ccc(Cl)c(Cl)c2)ccc1O. The predicted molar refractivity (Wildman–Crippen MR) is 86.4 cm³/mol. The van der Waals surface area contributed by atoms with Gasteiger partial charge in [-0.25, -0.2) is 0 Å². The van der Waals surface area contributed by atoms with Gasteiger partial charge in [-0.1, -0.05) is 35.3 Å². The lowest BCUT2D eigenvalue weighted by atomic mass is 10.1. The van der Waals surface area contributed by atoms with Gasteiger partial charge in [0.15, 0.2) is 11.5 Å².